The van der Waals surface area contributed by atoms with Crippen LogP contribution in [0.1, 0.15) is 5.56 Å². The molecule has 0 saturated heterocycles. The summed E-state index contributed by atoms with van der Waals surface area (Å²) in [5.41, 5.74) is -1.25. The molecule has 2 rings (SSSR count). The van der Waals surface area contributed by atoms with E-state index in [-0.39, 0.29) is 11.8 Å². The second-order valence-corrected chi connectivity index (χ2v) is 3.88. The monoisotopic (exact) mass is 300 g/mol. The van der Waals surface area contributed by atoms with Crippen LogP contribution in [0.2, 0.25) is 0 Å². The summed E-state index contributed by atoms with van der Waals surface area (Å²) >= 11 is 0. The van der Waals surface area contributed by atoms with Gasteiger partial charge in [-0.3, -0.25) is 5.32 Å². The molecule has 0 aliphatic heterocycles. The number of nitrogens with one attached hydrogen (secondary N) is 1. The zero-order valence-electron chi connectivity index (χ0n) is 10.3. The number of anilines is 1. The van der Waals surface area contributed by atoms with Gasteiger partial charge >= 0.3 is 12.3 Å². The number of hydrogen-bond acceptors (Lipinski definition) is 3. The molecule has 8 heteroatoms. The summed E-state index contributed by atoms with van der Waals surface area (Å²) in [6.45, 7) is 0. The summed E-state index contributed by atoms with van der Waals surface area (Å²) in [7, 11) is 0. The largest absolute Gasteiger partial charge is 0.418 e. The van der Waals surface area contributed by atoms with E-state index in [2.05, 4.69) is 4.98 Å². The molecule has 0 spiro atoms. The van der Waals surface area contributed by atoms with Crippen LogP contribution >= 0.6 is 0 Å². The third-order valence-corrected chi connectivity index (χ3v) is 2.34. The maximum atomic E-state index is 13.4. The first-order valence-corrected chi connectivity index (χ1v) is 5.63. The van der Waals surface area contributed by atoms with Crippen molar-refractivity contribution >= 4 is 11.9 Å². The molecule has 0 fully saturated rings. The van der Waals surface area contributed by atoms with Gasteiger partial charge in [0.15, 0.2) is 11.6 Å². The predicted molar refractivity (Wildman–Crippen MR) is 65.3 cm³/mol. The van der Waals surface area contributed by atoms with Gasteiger partial charge < -0.3 is 4.74 Å². The van der Waals surface area contributed by atoms with Gasteiger partial charge in [0.25, 0.3) is 0 Å². The minimum Gasteiger partial charge on any atom is -0.410 e. The lowest BCUT2D eigenvalue weighted by molar-refractivity contribution is -0.138. The number of nitrogens with zero attached hydrogens (tertiary/aromatic N) is 1. The highest BCUT2D eigenvalue weighted by Crippen LogP contribution is 2.30. The number of ether oxygens (including phenoxy) is 1. The van der Waals surface area contributed by atoms with E-state index in [0.29, 0.717) is 6.20 Å². The summed E-state index contributed by atoms with van der Waals surface area (Å²) in [4.78, 5) is 14.7. The molecule has 0 aliphatic rings. The summed E-state index contributed by atoms with van der Waals surface area (Å²) in [6, 6.07) is 8.12. The highest BCUT2D eigenvalue weighted by atomic mass is 19.4. The minimum absolute atomic E-state index is 0.197. The van der Waals surface area contributed by atoms with Crippen LogP contribution in [0.15, 0.2) is 42.6 Å². The Hall–Kier alpha value is -2.64. The van der Waals surface area contributed by atoms with E-state index in [1.807, 2.05) is 5.32 Å². The number of rotatable bonds is 2. The predicted octanol–water partition coefficient (Wildman–Crippen LogP) is 3.85. The first kappa shape index (κ1) is 14.8. The molecule has 4 nitrogen and oxygen atoms in total. The summed E-state index contributed by atoms with van der Waals surface area (Å²) in [5, 5.41) is 1.92. The zero-order valence-corrected chi connectivity index (χ0v) is 10.3. The van der Waals surface area contributed by atoms with Gasteiger partial charge in [0, 0.05) is 6.20 Å². The Kier molecular flexibility index (Phi) is 4.06. The van der Waals surface area contributed by atoms with Gasteiger partial charge in [0.2, 0.25) is 0 Å². The van der Waals surface area contributed by atoms with E-state index in [1.54, 1.807) is 18.2 Å². The quantitative estimate of drug-likeness (QED) is 0.857. The molecule has 1 N–H and O–H groups in total. The summed E-state index contributed by atoms with van der Waals surface area (Å²) in [5.74, 6) is -1.76. The molecular formula is C13H8F4N2O2. The van der Waals surface area contributed by atoms with Crippen LogP contribution in [0.5, 0.6) is 5.75 Å². The summed E-state index contributed by atoms with van der Waals surface area (Å²) in [6.07, 6.45) is -5.36. The highest BCUT2D eigenvalue weighted by molar-refractivity contribution is 5.85. The topological polar surface area (TPSA) is 51.2 Å². The van der Waals surface area contributed by atoms with Crippen LogP contribution in [-0.2, 0) is 6.18 Å². The van der Waals surface area contributed by atoms with Gasteiger partial charge in [0.05, 0.1) is 5.56 Å². The van der Waals surface area contributed by atoms with Crippen LogP contribution in [0, 0.1) is 5.82 Å². The molecule has 0 saturated carbocycles. The lowest BCUT2D eigenvalue weighted by atomic mass is 10.2. The lowest BCUT2D eigenvalue weighted by Crippen LogP contribution is -2.19. The molecule has 0 aliphatic carbocycles. The molecule has 0 unspecified atom stereocenters. The van der Waals surface area contributed by atoms with Gasteiger partial charge in [-0.2, -0.15) is 13.2 Å². The number of hydrogen-bond donors (Lipinski definition) is 1. The molecule has 0 bridgehead atoms. The second-order valence-electron chi connectivity index (χ2n) is 3.88. The standard InChI is InChI=1S/C13H8F4N2O2/c14-10-6-8(13(15,16)17)7-18-11(10)19-12(20)21-9-4-2-1-3-5-9/h1-7H,(H,18,19,20). The van der Waals surface area contributed by atoms with Crippen LogP contribution < -0.4 is 10.1 Å². The van der Waals surface area contributed by atoms with Crippen LogP contribution in [0.3, 0.4) is 0 Å². The Morgan fingerprint density at radius 2 is 1.86 bits per heavy atom. The average molecular weight is 300 g/mol. The third-order valence-electron chi connectivity index (χ3n) is 2.34. The van der Waals surface area contributed by atoms with Gasteiger partial charge in [-0.05, 0) is 18.2 Å². The number of halogens is 4. The maximum Gasteiger partial charge on any atom is 0.418 e. The van der Waals surface area contributed by atoms with Crippen molar-refractivity contribution in [3.8, 4) is 5.75 Å². The molecule has 110 valence electrons. The molecule has 0 atom stereocenters. The first-order valence-electron chi connectivity index (χ1n) is 5.63. The van der Waals surface area contributed by atoms with E-state index in [1.165, 1.54) is 12.1 Å². The van der Waals surface area contributed by atoms with E-state index >= 15 is 0 Å². The van der Waals surface area contributed by atoms with E-state index < -0.39 is 29.5 Å². The van der Waals surface area contributed by atoms with E-state index in [0.717, 1.165) is 0 Å². The molecule has 2 aromatic rings. The Morgan fingerprint density at radius 3 is 2.43 bits per heavy atom. The molecule has 1 aromatic heterocycles. The Morgan fingerprint density at radius 1 is 1.19 bits per heavy atom. The van der Waals surface area contributed by atoms with Gasteiger partial charge in [-0.15, -0.1) is 0 Å². The molecule has 1 amide bonds. The van der Waals surface area contributed by atoms with Crippen molar-refractivity contribution in [1.29, 1.82) is 0 Å². The highest BCUT2D eigenvalue weighted by Gasteiger charge is 2.32. The molecule has 1 aromatic carbocycles. The van der Waals surface area contributed by atoms with E-state index in [4.69, 9.17) is 4.74 Å². The normalized spacial score (nSPS) is 11.0. The Balaban J connectivity index is 2.08. The number of pyridine rings is 1. The van der Waals surface area contributed by atoms with Crippen LogP contribution in [0.25, 0.3) is 0 Å². The number of carbonyl (C=O) groups is 1. The smallest absolute Gasteiger partial charge is 0.410 e. The number of aromatic nitrogens is 1. The third kappa shape index (κ3) is 3.91. The average Bonchev–Trinajstić information content (AvgIpc) is 2.41. The lowest BCUT2D eigenvalue weighted by Gasteiger charge is -2.09. The van der Waals surface area contributed by atoms with Crippen molar-refractivity contribution in [2.24, 2.45) is 0 Å². The molecule has 0 radical (unpaired) electrons. The zero-order chi connectivity index (χ0) is 15.5. The van der Waals surface area contributed by atoms with Gasteiger partial charge in [0.1, 0.15) is 5.75 Å². The first-order chi connectivity index (χ1) is 9.86. The van der Waals surface area contributed by atoms with Crippen LogP contribution in [-0.4, -0.2) is 11.1 Å². The molecule has 21 heavy (non-hydrogen) atoms. The number of benzene rings is 1. The number of amides is 1. The second kappa shape index (κ2) is 5.78. The van der Waals surface area contributed by atoms with Crippen molar-refractivity contribution in [1.82, 2.24) is 4.98 Å². The van der Waals surface area contributed by atoms with Crippen molar-refractivity contribution in [2.45, 2.75) is 6.18 Å². The van der Waals surface area contributed by atoms with Crippen molar-refractivity contribution in [3.63, 3.8) is 0 Å². The molecule has 1 heterocycles. The van der Waals surface area contributed by atoms with Crippen molar-refractivity contribution < 1.29 is 27.1 Å². The van der Waals surface area contributed by atoms with Gasteiger partial charge in [-0.1, -0.05) is 18.2 Å². The van der Waals surface area contributed by atoms with Crippen LogP contribution in [0.4, 0.5) is 28.2 Å². The minimum atomic E-state index is -4.71. The Labute approximate surface area is 116 Å². The van der Waals surface area contributed by atoms with Gasteiger partial charge in [-0.25, -0.2) is 14.2 Å². The number of alkyl halides is 3. The fraction of sp³-hybridized carbons (Fsp3) is 0.0769. The maximum absolute atomic E-state index is 13.4. The van der Waals surface area contributed by atoms with Crippen molar-refractivity contribution in [2.75, 3.05) is 5.32 Å². The number of carbonyl (C=O) groups excluding carboxylic acids is 1. The summed E-state index contributed by atoms with van der Waals surface area (Å²) < 4.78 is 55.2. The fourth-order valence-corrected chi connectivity index (χ4v) is 1.40. The molecular weight excluding hydrogens is 292 g/mol. The Bertz CT molecular complexity index is 644. The SMILES string of the molecule is O=C(Nc1ncc(C(F)(F)F)cc1F)Oc1ccccc1. The van der Waals surface area contributed by atoms with E-state index in [9.17, 15) is 22.4 Å². The number of para-hydroxylation sites is 1. The fourth-order valence-electron chi connectivity index (χ4n) is 1.40. The van der Waals surface area contributed by atoms with Crippen molar-refractivity contribution in [3.05, 3.63) is 54.0 Å².